The highest BCUT2D eigenvalue weighted by molar-refractivity contribution is 5.79. The van der Waals surface area contributed by atoms with E-state index in [0.717, 1.165) is 31.2 Å². The molecule has 6 nitrogen and oxygen atoms in total. The molecule has 1 aromatic heterocycles. The third-order valence-corrected chi connectivity index (χ3v) is 3.95. The van der Waals surface area contributed by atoms with Gasteiger partial charge in [-0.3, -0.25) is 9.69 Å². The SMILES string of the molecule is Cc1cnc(CN2C[C@@H]3COC[C@H](C2)N(C)C3=O)[nH]1. The Morgan fingerprint density at radius 1 is 1.47 bits per heavy atom. The molecule has 1 N–H and O–H groups in total. The summed E-state index contributed by atoms with van der Waals surface area (Å²) < 4.78 is 5.59. The first-order chi connectivity index (χ1) is 9.13. The highest BCUT2D eigenvalue weighted by Crippen LogP contribution is 2.20. The van der Waals surface area contributed by atoms with E-state index < -0.39 is 0 Å². The monoisotopic (exact) mass is 264 g/mol. The maximum atomic E-state index is 12.2. The third kappa shape index (κ3) is 2.50. The van der Waals surface area contributed by atoms with Crippen molar-refractivity contribution < 1.29 is 9.53 Å². The van der Waals surface area contributed by atoms with Crippen molar-refractivity contribution in [2.75, 3.05) is 33.4 Å². The zero-order chi connectivity index (χ0) is 13.4. The smallest absolute Gasteiger partial charge is 0.229 e. The number of aromatic nitrogens is 2. The minimum absolute atomic E-state index is 0.0476. The van der Waals surface area contributed by atoms with Crippen molar-refractivity contribution in [1.29, 1.82) is 0 Å². The summed E-state index contributed by atoms with van der Waals surface area (Å²) in [7, 11) is 1.88. The van der Waals surface area contributed by atoms with Crippen LogP contribution in [0.5, 0.6) is 0 Å². The van der Waals surface area contributed by atoms with E-state index in [9.17, 15) is 4.79 Å². The lowest BCUT2D eigenvalue weighted by molar-refractivity contribution is -0.133. The van der Waals surface area contributed by atoms with Crippen molar-refractivity contribution in [3.63, 3.8) is 0 Å². The van der Waals surface area contributed by atoms with Crippen LogP contribution in [-0.2, 0) is 16.1 Å². The predicted octanol–water partition coefficient (Wildman–Crippen LogP) is 0.00712. The predicted molar refractivity (Wildman–Crippen MR) is 69.5 cm³/mol. The van der Waals surface area contributed by atoms with Gasteiger partial charge in [0.1, 0.15) is 5.82 Å². The fourth-order valence-corrected chi connectivity index (χ4v) is 2.88. The lowest BCUT2D eigenvalue weighted by Gasteiger charge is -2.28. The molecule has 2 bridgehead atoms. The first kappa shape index (κ1) is 12.6. The number of carbonyl (C=O) groups excluding carboxylic acids is 1. The molecule has 3 heterocycles. The summed E-state index contributed by atoms with van der Waals surface area (Å²) in [5.74, 6) is 1.13. The Morgan fingerprint density at radius 2 is 2.32 bits per heavy atom. The summed E-state index contributed by atoms with van der Waals surface area (Å²) >= 11 is 0. The Morgan fingerprint density at radius 3 is 3.05 bits per heavy atom. The minimum Gasteiger partial charge on any atom is -0.378 e. The summed E-state index contributed by atoms with van der Waals surface area (Å²) in [5.41, 5.74) is 1.07. The molecule has 0 radical (unpaired) electrons. The molecule has 1 aromatic rings. The van der Waals surface area contributed by atoms with Gasteiger partial charge in [-0.25, -0.2) is 4.98 Å². The molecule has 0 aliphatic carbocycles. The molecule has 1 amide bonds. The van der Waals surface area contributed by atoms with E-state index in [2.05, 4.69) is 14.9 Å². The molecule has 6 heteroatoms. The molecule has 0 unspecified atom stereocenters. The van der Waals surface area contributed by atoms with Crippen LogP contribution in [0.2, 0.25) is 0 Å². The minimum atomic E-state index is -0.0476. The highest BCUT2D eigenvalue weighted by Gasteiger charge is 2.37. The van der Waals surface area contributed by atoms with E-state index in [4.69, 9.17) is 4.74 Å². The van der Waals surface area contributed by atoms with Crippen LogP contribution in [0.15, 0.2) is 6.20 Å². The normalized spacial score (nSPS) is 28.5. The van der Waals surface area contributed by atoms with Crippen molar-refractivity contribution in [2.45, 2.75) is 19.5 Å². The van der Waals surface area contributed by atoms with Crippen molar-refractivity contribution in [2.24, 2.45) is 5.92 Å². The number of fused-ring (bicyclic) bond motifs is 3. The first-order valence-electron chi connectivity index (χ1n) is 6.70. The molecule has 2 atom stereocenters. The van der Waals surface area contributed by atoms with Crippen LogP contribution in [0, 0.1) is 12.8 Å². The zero-order valence-corrected chi connectivity index (χ0v) is 11.4. The van der Waals surface area contributed by atoms with Gasteiger partial charge in [0.15, 0.2) is 0 Å². The molecule has 0 aromatic carbocycles. The lowest BCUT2D eigenvalue weighted by atomic mass is 10.1. The number of nitrogens with one attached hydrogen (secondary N) is 1. The van der Waals surface area contributed by atoms with E-state index in [0.29, 0.717) is 13.2 Å². The Labute approximate surface area is 112 Å². The maximum Gasteiger partial charge on any atom is 0.229 e. The number of aromatic amines is 1. The molecule has 104 valence electrons. The van der Waals surface area contributed by atoms with Crippen LogP contribution in [0.4, 0.5) is 0 Å². The third-order valence-electron chi connectivity index (χ3n) is 3.95. The topological polar surface area (TPSA) is 61.5 Å². The Bertz CT molecular complexity index is 473. The Balaban J connectivity index is 1.76. The second kappa shape index (κ2) is 4.94. The van der Waals surface area contributed by atoms with Crippen LogP contribution < -0.4 is 0 Å². The highest BCUT2D eigenvalue weighted by atomic mass is 16.5. The van der Waals surface area contributed by atoms with E-state index in [1.54, 1.807) is 0 Å². The maximum absolute atomic E-state index is 12.2. The summed E-state index contributed by atoms with van der Waals surface area (Å²) in [6.45, 7) is 5.53. The van der Waals surface area contributed by atoms with Crippen molar-refractivity contribution in [1.82, 2.24) is 19.8 Å². The number of ether oxygens (including phenoxy) is 1. The molecule has 2 saturated heterocycles. The van der Waals surface area contributed by atoms with Crippen LogP contribution in [0.25, 0.3) is 0 Å². The number of hydrogen-bond donors (Lipinski definition) is 1. The molecule has 0 saturated carbocycles. The van der Waals surface area contributed by atoms with Crippen LogP contribution in [0.1, 0.15) is 11.5 Å². The molecular formula is C13H20N4O2. The summed E-state index contributed by atoms with van der Waals surface area (Å²) in [6, 6.07) is 0.149. The van der Waals surface area contributed by atoms with Crippen LogP contribution >= 0.6 is 0 Å². The van der Waals surface area contributed by atoms with Gasteiger partial charge in [-0.1, -0.05) is 0 Å². The molecule has 2 fully saturated rings. The second-order valence-electron chi connectivity index (χ2n) is 5.54. The average Bonchev–Trinajstić information content (AvgIpc) is 2.66. The summed E-state index contributed by atoms with van der Waals surface area (Å²) in [6.07, 6.45) is 1.84. The number of rotatable bonds is 2. The lowest BCUT2D eigenvalue weighted by Crippen LogP contribution is -2.43. The van der Waals surface area contributed by atoms with Crippen LogP contribution in [-0.4, -0.2) is 65.1 Å². The van der Waals surface area contributed by atoms with Gasteiger partial charge in [0.2, 0.25) is 5.91 Å². The molecule has 0 spiro atoms. The van der Waals surface area contributed by atoms with Gasteiger partial charge >= 0.3 is 0 Å². The average molecular weight is 264 g/mol. The largest absolute Gasteiger partial charge is 0.378 e. The standard InChI is InChI=1S/C13H20N4O2/c1-9-3-14-12(15-9)6-17-4-10-7-19-8-11(5-17)16(2)13(10)18/h3,10-11H,4-8H2,1-2H3,(H,14,15)/t10-,11+/m1/s1. The number of hydrogen-bond acceptors (Lipinski definition) is 4. The number of nitrogens with zero attached hydrogens (tertiary/aromatic N) is 3. The molecule has 2 aliphatic heterocycles. The first-order valence-corrected chi connectivity index (χ1v) is 6.70. The molecule has 3 rings (SSSR count). The van der Waals surface area contributed by atoms with Gasteiger partial charge in [-0.05, 0) is 6.92 Å². The van der Waals surface area contributed by atoms with Crippen molar-refractivity contribution in [3.05, 3.63) is 17.7 Å². The van der Waals surface area contributed by atoms with Crippen molar-refractivity contribution >= 4 is 5.91 Å². The summed E-state index contributed by atoms with van der Waals surface area (Å²) in [5, 5.41) is 0. The van der Waals surface area contributed by atoms with Crippen LogP contribution in [0.3, 0.4) is 0 Å². The van der Waals surface area contributed by atoms with Gasteiger partial charge < -0.3 is 14.6 Å². The number of amides is 1. The number of H-pyrrole nitrogens is 1. The van der Waals surface area contributed by atoms with Gasteiger partial charge in [-0.2, -0.15) is 0 Å². The number of imidazole rings is 1. The number of aryl methyl sites for hydroxylation is 1. The van der Waals surface area contributed by atoms with E-state index >= 15 is 0 Å². The Kier molecular flexibility index (Phi) is 3.28. The molecule has 2 aliphatic rings. The fourth-order valence-electron chi connectivity index (χ4n) is 2.88. The fraction of sp³-hybridized carbons (Fsp3) is 0.692. The van der Waals surface area contributed by atoms with E-state index in [1.807, 2.05) is 25.1 Å². The van der Waals surface area contributed by atoms with Gasteiger partial charge in [0.25, 0.3) is 0 Å². The molecular weight excluding hydrogens is 244 g/mol. The zero-order valence-electron chi connectivity index (χ0n) is 11.4. The number of likely N-dealkylation sites (N-methyl/N-ethyl adjacent to an activating group) is 1. The number of carbonyl (C=O) groups is 1. The van der Waals surface area contributed by atoms with E-state index in [-0.39, 0.29) is 17.9 Å². The van der Waals surface area contributed by atoms with Gasteiger partial charge in [-0.15, -0.1) is 0 Å². The molecule has 19 heavy (non-hydrogen) atoms. The summed E-state index contributed by atoms with van der Waals surface area (Å²) in [4.78, 5) is 24.0. The van der Waals surface area contributed by atoms with Gasteiger partial charge in [0, 0.05) is 32.0 Å². The second-order valence-corrected chi connectivity index (χ2v) is 5.54. The quantitative estimate of drug-likeness (QED) is 0.817. The van der Waals surface area contributed by atoms with E-state index in [1.165, 1.54) is 0 Å². The van der Waals surface area contributed by atoms with Crippen molar-refractivity contribution in [3.8, 4) is 0 Å². The van der Waals surface area contributed by atoms with Gasteiger partial charge in [0.05, 0.1) is 31.7 Å². The Hall–Kier alpha value is -1.40.